The zero-order valence-corrected chi connectivity index (χ0v) is 9.46. The van der Waals surface area contributed by atoms with E-state index in [1.807, 2.05) is 0 Å². The average Bonchev–Trinajstić information content (AvgIpc) is 2.09. The first-order valence-corrected chi connectivity index (χ1v) is 6.08. The zero-order valence-electron chi connectivity index (χ0n) is 9.46. The summed E-state index contributed by atoms with van der Waals surface area (Å²) in [6, 6.07) is 0.763. The van der Waals surface area contributed by atoms with E-state index in [-0.39, 0.29) is 0 Å². The molecule has 2 aliphatic rings. The highest BCUT2D eigenvalue weighted by molar-refractivity contribution is 4.83. The van der Waals surface area contributed by atoms with Crippen molar-refractivity contribution in [2.75, 3.05) is 19.8 Å². The van der Waals surface area contributed by atoms with Crippen LogP contribution in [0.15, 0.2) is 0 Å². The monoisotopic (exact) mass is 197 g/mol. The summed E-state index contributed by atoms with van der Waals surface area (Å²) in [7, 11) is 0. The maximum atomic E-state index is 5.18. The molecule has 1 aliphatic heterocycles. The normalized spacial score (nSPS) is 39.4. The van der Waals surface area contributed by atoms with E-state index in [0.717, 1.165) is 37.0 Å². The molecular formula is C12H23NO. The summed E-state index contributed by atoms with van der Waals surface area (Å²) in [4.78, 5) is 0. The van der Waals surface area contributed by atoms with Crippen LogP contribution in [0.2, 0.25) is 0 Å². The molecule has 3 unspecified atom stereocenters. The Labute approximate surface area is 87.4 Å². The molecule has 2 fully saturated rings. The van der Waals surface area contributed by atoms with Crippen molar-refractivity contribution >= 4 is 0 Å². The second-order valence-corrected chi connectivity index (χ2v) is 5.19. The van der Waals surface area contributed by atoms with Gasteiger partial charge in [0.25, 0.3) is 0 Å². The van der Waals surface area contributed by atoms with Crippen molar-refractivity contribution in [3.63, 3.8) is 0 Å². The topological polar surface area (TPSA) is 21.3 Å². The molecule has 1 aliphatic carbocycles. The Morgan fingerprint density at radius 3 is 2.64 bits per heavy atom. The molecule has 0 bridgehead atoms. The molecule has 1 heterocycles. The summed E-state index contributed by atoms with van der Waals surface area (Å²) < 4.78 is 5.18. The van der Waals surface area contributed by atoms with E-state index in [2.05, 4.69) is 19.2 Å². The van der Waals surface area contributed by atoms with E-state index >= 15 is 0 Å². The lowest BCUT2D eigenvalue weighted by Gasteiger charge is -2.36. The van der Waals surface area contributed by atoms with Crippen molar-refractivity contribution in [3.05, 3.63) is 0 Å². The second-order valence-electron chi connectivity index (χ2n) is 5.19. The molecule has 0 aromatic rings. The third-order valence-electron chi connectivity index (χ3n) is 4.08. The van der Waals surface area contributed by atoms with Gasteiger partial charge >= 0.3 is 0 Å². The lowest BCUT2D eigenvalue weighted by Crippen LogP contribution is -2.46. The molecule has 0 spiro atoms. The third kappa shape index (κ3) is 2.29. The van der Waals surface area contributed by atoms with Gasteiger partial charge in [-0.1, -0.05) is 26.7 Å². The van der Waals surface area contributed by atoms with Crippen LogP contribution in [0.5, 0.6) is 0 Å². The van der Waals surface area contributed by atoms with Gasteiger partial charge in [0.1, 0.15) is 0 Å². The highest BCUT2D eigenvalue weighted by Gasteiger charge is 2.28. The van der Waals surface area contributed by atoms with Crippen molar-refractivity contribution in [1.82, 2.24) is 5.32 Å². The van der Waals surface area contributed by atoms with Gasteiger partial charge in [-0.05, 0) is 18.3 Å². The summed E-state index contributed by atoms with van der Waals surface area (Å²) in [6.07, 6.45) is 4.20. The highest BCUT2D eigenvalue weighted by atomic mass is 16.5. The van der Waals surface area contributed by atoms with Crippen LogP contribution in [0.3, 0.4) is 0 Å². The van der Waals surface area contributed by atoms with Gasteiger partial charge in [0.05, 0.1) is 13.2 Å². The van der Waals surface area contributed by atoms with Crippen LogP contribution in [0, 0.1) is 17.8 Å². The molecule has 1 saturated heterocycles. The van der Waals surface area contributed by atoms with Crippen LogP contribution < -0.4 is 5.32 Å². The fourth-order valence-electron chi connectivity index (χ4n) is 2.59. The first-order valence-electron chi connectivity index (χ1n) is 6.08. The number of hydrogen-bond acceptors (Lipinski definition) is 2. The Morgan fingerprint density at radius 1 is 1.21 bits per heavy atom. The number of nitrogens with one attached hydrogen (secondary N) is 1. The molecule has 82 valence electrons. The molecule has 0 amide bonds. The summed E-state index contributed by atoms with van der Waals surface area (Å²) in [5.74, 6) is 2.54. The zero-order chi connectivity index (χ0) is 9.97. The van der Waals surface area contributed by atoms with Crippen molar-refractivity contribution in [2.45, 2.75) is 39.2 Å². The maximum Gasteiger partial charge on any atom is 0.0528 e. The number of hydrogen-bond donors (Lipinski definition) is 1. The Hall–Kier alpha value is -0.0800. The Kier molecular flexibility index (Phi) is 3.45. The minimum atomic E-state index is 0.763. The third-order valence-corrected chi connectivity index (χ3v) is 4.08. The predicted molar refractivity (Wildman–Crippen MR) is 58.3 cm³/mol. The molecule has 1 saturated carbocycles. The summed E-state index contributed by atoms with van der Waals surface area (Å²) in [5.41, 5.74) is 0. The summed E-state index contributed by atoms with van der Waals surface area (Å²) in [5, 5.41) is 3.72. The summed E-state index contributed by atoms with van der Waals surface area (Å²) >= 11 is 0. The van der Waals surface area contributed by atoms with Crippen LogP contribution in [0.1, 0.15) is 33.1 Å². The molecule has 3 atom stereocenters. The lowest BCUT2D eigenvalue weighted by molar-refractivity contribution is -0.0332. The SMILES string of the molecule is CC1CCCC(NCC2COC2)C1C. The molecular weight excluding hydrogens is 174 g/mol. The van der Waals surface area contributed by atoms with E-state index in [9.17, 15) is 0 Å². The number of ether oxygens (including phenoxy) is 1. The van der Waals surface area contributed by atoms with Crippen LogP contribution >= 0.6 is 0 Å². The largest absolute Gasteiger partial charge is 0.381 e. The van der Waals surface area contributed by atoms with Gasteiger partial charge in [-0.25, -0.2) is 0 Å². The van der Waals surface area contributed by atoms with Gasteiger partial charge in [-0.3, -0.25) is 0 Å². The van der Waals surface area contributed by atoms with Gasteiger partial charge in [0, 0.05) is 18.5 Å². The van der Waals surface area contributed by atoms with E-state index in [0.29, 0.717) is 0 Å². The van der Waals surface area contributed by atoms with Gasteiger partial charge in [-0.2, -0.15) is 0 Å². The molecule has 0 aromatic carbocycles. The van der Waals surface area contributed by atoms with Gasteiger partial charge in [0.15, 0.2) is 0 Å². The Morgan fingerprint density at radius 2 is 2.00 bits per heavy atom. The predicted octanol–water partition coefficient (Wildman–Crippen LogP) is 2.05. The average molecular weight is 197 g/mol. The minimum absolute atomic E-state index is 0.763. The molecule has 1 N–H and O–H groups in total. The first kappa shape index (κ1) is 10.4. The van der Waals surface area contributed by atoms with E-state index in [1.165, 1.54) is 25.8 Å². The van der Waals surface area contributed by atoms with Crippen LogP contribution in [-0.2, 0) is 4.74 Å². The highest BCUT2D eigenvalue weighted by Crippen LogP contribution is 2.29. The second kappa shape index (κ2) is 4.63. The van der Waals surface area contributed by atoms with E-state index < -0.39 is 0 Å². The van der Waals surface area contributed by atoms with Crippen LogP contribution in [-0.4, -0.2) is 25.8 Å². The van der Waals surface area contributed by atoms with Crippen molar-refractivity contribution in [3.8, 4) is 0 Å². The van der Waals surface area contributed by atoms with Crippen LogP contribution in [0.4, 0.5) is 0 Å². The molecule has 2 rings (SSSR count). The molecule has 0 radical (unpaired) electrons. The Balaban J connectivity index is 1.72. The molecule has 0 aromatic heterocycles. The lowest BCUT2D eigenvalue weighted by atomic mass is 9.78. The van der Waals surface area contributed by atoms with Crippen LogP contribution in [0.25, 0.3) is 0 Å². The smallest absolute Gasteiger partial charge is 0.0528 e. The van der Waals surface area contributed by atoms with Crippen molar-refractivity contribution < 1.29 is 4.74 Å². The minimum Gasteiger partial charge on any atom is -0.381 e. The Bertz CT molecular complexity index is 179. The quantitative estimate of drug-likeness (QED) is 0.747. The summed E-state index contributed by atoms with van der Waals surface area (Å²) in [6.45, 7) is 7.92. The van der Waals surface area contributed by atoms with Gasteiger partial charge < -0.3 is 10.1 Å². The fourth-order valence-corrected chi connectivity index (χ4v) is 2.59. The maximum absolute atomic E-state index is 5.18. The molecule has 14 heavy (non-hydrogen) atoms. The van der Waals surface area contributed by atoms with E-state index in [4.69, 9.17) is 4.74 Å². The first-order chi connectivity index (χ1) is 6.77. The van der Waals surface area contributed by atoms with Crippen molar-refractivity contribution in [2.24, 2.45) is 17.8 Å². The van der Waals surface area contributed by atoms with Gasteiger partial charge in [-0.15, -0.1) is 0 Å². The fraction of sp³-hybridized carbons (Fsp3) is 1.00. The number of rotatable bonds is 3. The molecule has 2 nitrogen and oxygen atoms in total. The van der Waals surface area contributed by atoms with Gasteiger partial charge in [0.2, 0.25) is 0 Å². The van der Waals surface area contributed by atoms with E-state index in [1.54, 1.807) is 0 Å². The standard InChI is InChI=1S/C12H23NO/c1-9-4-3-5-12(10(9)2)13-6-11-7-14-8-11/h9-13H,3-8H2,1-2H3. The molecule has 2 heteroatoms. The van der Waals surface area contributed by atoms with Crippen molar-refractivity contribution in [1.29, 1.82) is 0 Å².